The molecule has 2 atom stereocenters. The number of hydrogen-bond donors (Lipinski definition) is 3. The Labute approximate surface area is 220 Å². The Morgan fingerprint density at radius 3 is 2.27 bits per heavy atom. The van der Waals surface area contributed by atoms with Gasteiger partial charge in [0.2, 0.25) is 23.6 Å². The van der Waals surface area contributed by atoms with Crippen LogP contribution in [0.5, 0.6) is 0 Å². The van der Waals surface area contributed by atoms with Crippen molar-refractivity contribution in [2.24, 2.45) is 5.92 Å². The number of carbonyl (C=O) groups excluding carboxylic acids is 4. The molecule has 0 aromatic carbocycles. The summed E-state index contributed by atoms with van der Waals surface area (Å²) in [7, 11) is 0. The van der Waals surface area contributed by atoms with Gasteiger partial charge in [0.15, 0.2) is 0 Å². The van der Waals surface area contributed by atoms with Crippen molar-refractivity contribution >= 4 is 29.6 Å². The second-order valence-corrected chi connectivity index (χ2v) is 10.8. The van der Waals surface area contributed by atoms with Crippen LogP contribution in [0.2, 0.25) is 0 Å². The van der Waals surface area contributed by atoms with Gasteiger partial charge < -0.3 is 25.2 Å². The molecule has 0 aromatic rings. The van der Waals surface area contributed by atoms with Crippen LogP contribution in [-0.2, 0) is 33.4 Å². The smallest absolute Gasteiger partial charge is 0.325 e. The molecule has 11 heteroatoms. The second kappa shape index (κ2) is 15.0. The van der Waals surface area contributed by atoms with E-state index in [1.165, 1.54) is 11.8 Å². The minimum Gasteiger partial charge on any atom is -0.480 e. The van der Waals surface area contributed by atoms with Crippen LogP contribution in [0.1, 0.15) is 86.5 Å². The topological polar surface area (TPSA) is 151 Å². The van der Waals surface area contributed by atoms with E-state index < -0.39 is 23.2 Å². The van der Waals surface area contributed by atoms with Crippen LogP contribution in [-0.4, -0.2) is 83.2 Å². The van der Waals surface area contributed by atoms with Crippen LogP contribution in [0.25, 0.3) is 0 Å². The number of carboxylic acid groups (broad SMARTS) is 1. The number of aliphatic carboxylic acids is 1. The first-order chi connectivity index (χ1) is 17.2. The first kappa shape index (κ1) is 32.5. The van der Waals surface area contributed by atoms with Crippen LogP contribution < -0.4 is 10.6 Å². The first-order valence-electron chi connectivity index (χ1n) is 13.1. The molecular weight excluding hydrogens is 482 g/mol. The Hall–Kier alpha value is -2.53. The average Bonchev–Trinajstić information content (AvgIpc) is 3.06. The summed E-state index contributed by atoms with van der Waals surface area (Å²) in [4.78, 5) is 60.4. The number of imide groups is 1. The number of ether oxygens (including phenoxy) is 2. The molecule has 37 heavy (non-hydrogen) atoms. The number of hydrogen-bond acceptors (Lipinski definition) is 7. The molecule has 212 valence electrons. The monoisotopic (exact) mass is 527 g/mol. The lowest BCUT2D eigenvalue weighted by molar-refractivity contribution is -0.141. The number of rotatable bonds is 18. The quantitative estimate of drug-likeness (QED) is 0.181. The third kappa shape index (κ3) is 12.5. The molecule has 11 nitrogen and oxygen atoms in total. The molecule has 0 spiro atoms. The van der Waals surface area contributed by atoms with Gasteiger partial charge in [0.25, 0.3) is 0 Å². The van der Waals surface area contributed by atoms with Crippen molar-refractivity contribution in [2.75, 3.05) is 26.3 Å². The molecule has 0 aliphatic carbocycles. The number of amides is 4. The van der Waals surface area contributed by atoms with E-state index in [1.54, 1.807) is 0 Å². The molecule has 1 fully saturated rings. The minimum atomic E-state index is -1.08. The summed E-state index contributed by atoms with van der Waals surface area (Å²) in [6, 6.07) is -0.934. The highest BCUT2D eigenvalue weighted by atomic mass is 16.5. The highest BCUT2D eigenvalue weighted by Gasteiger charge is 2.37. The fraction of sp³-hybridized carbons (Fsp3) is 0.808. The van der Waals surface area contributed by atoms with Crippen LogP contribution in [0.4, 0.5) is 0 Å². The Morgan fingerprint density at radius 1 is 1.03 bits per heavy atom. The van der Waals surface area contributed by atoms with Gasteiger partial charge in [-0.25, -0.2) is 0 Å². The summed E-state index contributed by atoms with van der Waals surface area (Å²) in [6.07, 6.45) is 3.01. The average molecular weight is 528 g/mol. The maximum Gasteiger partial charge on any atom is 0.325 e. The van der Waals surface area contributed by atoms with Crippen LogP contribution in [0.15, 0.2) is 0 Å². The van der Waals surface area contributed by atoms with Crippen molar-refractivity contribution in [3.05, 3.63) is 0 Å². The summed E-state index contributed by atoms with van der Waals surface area (Å²) in [5.41, 5.74) is -1.07. The molecule has 0 bridgehead atoms. The molecule has 1 heterocycles. The fourth-order valence-corrected chi connectivity index (χ4v) is 3.89. The van der Waals surface area contributed by atoms with Gasteiger partial charge in [-0.1, -0.05) is 13.3 Å². The molecule has 0 aromatic heterocycles. The van der Waals surface area contributed by atoms with Gasteiger partial charge in [-0.2, -0.15) is 0 Å². The number of carbonyl (C=O) groups is 5. The maximum atomic E-state index is 12.3. The van der Waals surface area contributed by atoms with E-state index in [0.717, 1.165) is 6.42 Å². The van der Waals surface area contributed by atoms with Crippen molar-refractivity contribution in [1.29, 1.82) is 0 Å². The van der Waals surface area contributed by atoms with E-state index in [4.69, 9.17) is 14.6 Å². The van der Waals surface area contributed by atoms with Crippen molar-refractivity contribution in [2.45, 2.75) is 104 Å². The third-order valence-electron chi connectivity index (χ3n) is 6.35. The van der Waals surface area contributed by atoms with E-state index in [0.29, 0.717) is 39.0 Å². The van der Waals surface area contributed by atoms with Gasteiger partial charge in [0.1, 0.15) is 6.04 Å². The zero-order valence-electron chi connectivity index (χ0n) is 23.2. The molecule has 0 radical (unpaired) electrons. The van der Waals surface area contributed by atoms with E-state index in [1.807, 2.05) is 34.6 Å². The molecule has 1 aliphatic rings. The molecule has 2 unspecified atom stereocenters. The van der Waals surface area contributed by atoms with Gasteiger partial charge in [0, 0.05) is 38.3 Å². The Morgan fingerprint density at radius 2 is 1.65 bits per heavy atom. The molecule has 1 rings (SSSR count). The zero-order valence-corrected chi connectivity index (χ0v) is 23.2. The van der Waals surface area contributed by atoms with Crippen LogP contribution >= 0.6 is 0 Å². The van der Waals surface area contributed by atoms with Crippen molar-refractivity contribution in [3.8, 4) is 0 Å². The molecule has 1 aliphatic heterocycles. The lowest BCUT2D eigenvalue weighted by Crippen LogP contribution is -2.39. The lowest BCUT2D eigenvalue weighted by atomic mass is 10.0. The van der Waals surface area contributed by atoms with Crippen molar-refractivity contribution < 1.29 is 38.6 Å². The lowest BCUT2D eigenvalue weighted by Gasteiger charge is -2.30. The highest BCUT2D eigenvalue weighted by molar-refractivity contribution is 6.03. The summed E-state index contributed by atoms with van der Waals surface area (Å²) < 4.78 is 11.8. The number of carboxylic acids is 1. The largest absolute Gasteiger partial charge is 0.480 e. The Balaban J connectivity index is 2.24. The molecule has 0 saturated carbocycles. The highest BCUT2D eigenvalue weighted by Crippen LogP contribution is 2.24. The summed E-state index contributed by atoms with van der Waals surface area (Å²) in [6.45, 7) is 12.1. The molecular formula is C26H45N3O8. The predicted octanol–water partition coefficient (Wildman–Crippen LogP) is 2.02. The van der Waals surface area contributed by atoms with Gasteiger partial charge in [-0.05, 0) is 53.9 Å². The van der Waals surface area contributed by atoms with E-state index >= 15 is 0 Å². The third-order valence-corrected chi connectivity index (χ3v) is 6.35. The van der Waals surface area contributed by atoms with E-state index in [9.17, 15) is 24.0 Å². The summed E-state index contributed by atoms with van der Waals surface area (Å²) in [5.74, 6) is -2.29. The minimum absolute atomic E-state index is 0.0654. The number of nitrogens with one attached hydrogen (secondary N) is 2. The summed E-state index contributed by atoms with van der Waals surface area (Å²) >= 11 is 0. The molecule has 4 amide bonds. The first-order valence-corrected chi connectivity index (χ1v) is 13.1. The van der Waals surface area contributed by atoms with E-state index in [-0.39, 0.29) is 55.4 Å². The number of nitrogens with zero attached hydrogens (tertiary/aromatic N) is 1. The Bertz CT molecular complexity index is 812. The van der Waals surface area contributed by atoms with Gasteiger partial charge in [-0.15, -0.1) is 0 Å². The van der Waals surface area contributed by atoms with E-state index in [2.05, 4.69) is 10.6 Å². The molecule has 3 N–H and O–H groups in total. The van der Waals surface area contributed by atoms with Crippen molar-refractivity contribution in [3.63, 3.8) is 0 Å². The second-order valence-electron chi connectivity index (χ2n) is 10.8. The SMILES string of the molecule is CCCC1CC(=O)N(CCC(=O)NCCOC(C)(C)CCOC(C)(C)CCC(=O)NC(C)C(=O)O)C1=O. The fourth-order valence-electron chi connectivity index (χ4n) is 3.89. The summed E-state index contributed by atoms with van der Waals surface area (Å²) in [5, 5.41) is 14.0. The maximum absolute atomic E-state index is 12.3. The van der Waals surface area contributed by atoms with Crippen LogP contribution in [0, 0.1) is 5.92 Å². The normalized spacial score (nSPS) is 17.1. The number of likely N-dealkylation sites (tertiary alicyclic amines) is 1. The van der Waals surface area contributed by atoms with Gasteiger partial charge in [0.05, 0.1) is 24.4 Å². The van der Waals surface area contributed by atoms with Crippen LogP contribution in [0.3, 0.4) is 0 Å². The Kier molecular flexibility index (Phi) is 13.2. The zero-order chi connectivity index (χ0) is 28.2. The van der Waals surface area contributed by atoms with Gasteiger partial charge in [-0.3, -0.25) is 28.9 Å². The van der Waals surface area contributed by atoms with Gasteiger partial charge >= 0.3 is 5.97 Å². The molecule has 1 saturated heterocycles. The predicted molar refractivity (Wildman–Crippen MR) is 137 cm³/mol. The standard InChI is InChI=1S/C26H45N3O8/c1-7-8-19-17-22(32)29(23(19)33)14-10-20(30)27-13-16-37-26(5,6)12-15-36-25(3,4)11-9-21(31)28-18(2)24(34)35/h18-19H,7-17H2,1-6H3,(H,27,30)(H,28,31)(H,34,35). The van der Waals surface area contributed by atoms with Crippen molar-refractivity contribution in [1.82, 2.24) is 15.5 Å².